The lowest BCUT2D eigenvalue weighted by atomic mass is 10.1. The molecule has 8 heteroatoms. The summed E-state index contributed by atoms with van der Waals surface area (Å²) in [6.45, 7) is 2.27. The fourth-order valence-electron chi connectivity index (χ4n) is 2.90. The third kappa shape index (κ3) is 4.85. The summed E-state index contributed by atoms with van der Waals surface area (Å²) in [5, 5.41) is 3.73. The molecule has 2 aromatic heterocycles. The summed E-state index contributed by atoms with van der Waals surface area (Å²) in [7, 11) is 1.73. The second-order valence-corrected chi connectivity index (χ2v) is 6.94. The summed E-state index contributed by atoms with van der Waals surface area (Å²) < 4.78 is 0. The molecule has 3 rings (SSSR count). The molecule has 0 spiro atoms. The van der Waals surface area contributed by atoms with Gasteiger partial charge in [-0.05, 0) is 43.8 Å². The largest absolute Gasteiger partial charge is 0.368 e. The van der Waals surface area contributed by atoms with Crippen molar-refractivity contribution in [3.05, 3.63) is 75.8 Å². The van der Waals surface area contributed by atoms with Crippen molar-refractivity contribution in [1.82, 2.24) is 20.2 Å². The molecule has 0 radical (unpaired) electrons. The van der Waals surface area contributed by atoms with E-state index in [-0.39, 0.29) is 12.1 Å². The minimum absolute atomic E-state index is 0.0214. The quantitative estimate of drug-likeness (QED) is 0.556. The number of hydrogen-bond acceptors (Lipinski definition) is 5. The first-order valence-corrected chi connectivity index (χ1v) is 9.19. The molecule has 0 aliphatic carbocycles. The number of hydrogen-bond donors (Lipinski definition) is 3. The number of amides is 2. The number of para-hydroxylation sites is 1. The van der Waals surface area contributed by atoms with Gasteiger partial charge >= 0.3 is 0 Å². The Balaban J connectivity index is 1.66. The van der Waals surface area contributed by atoms with Crippen LogP contribution in [-0.2, 0) is 17.9 Å². The first-order valence-electron chi connectivity index (χ1n) is 9.19. The standard InChI is InChI=1S/C21H23N5O3/c1-13(19(22)27)26(2)12-16-7-8-17(21(29)25-16)20(28)24-11-14-9-15-5-3-4-6-18(15)23-10-14/h3-10,13H,11-12H2,1-2H3,(H2,22,27)(H,24,28)(H,25,29)/t13-/m1/s1. The van der Waals surface area contributed by atoms with Crippen molar-refractivity contribution in [3.63, 3.8) is 0 Å². The van der Waals surface area contributed by atoms with E-state index in [0.717, 1.165) is 16.5 Å². The van der Waals surface area contributed by atoms with Crippen molar-refractivity contribution < 1.29 is 9.59 Å². The van der Waals surface area contributed by atoms with Crippen LogP contribution >= 0.6 is 0 Å². The minimum atomic E-state index is -0.489. The maximum atomic E-state index is 12.4. The highest BCUT2D eigenvalue weighted by Gasteiger charge is 2.16. The Morgan fingerprint density at radius 3 is 2.72 bits per heavy atom. The average Bonchev–Trinajstić information content (AvgIpc) is 2.71. The van der Waals surface area contributed by atoms with Crippen molar-refractivity contribution in [3.8, 4) is 0 Å². The molecule has 29 heavy (non-hydrogen) atoms. The maximum Gasteiger partial charge on any atom is 0.261 e. The molecule has 4 N–H and O–H groups in total. The number of benzene rings is 1. The van der Waals surface area contributed by atoms with Gasteiger partial charge in [-0.2, -0.15) is 0 Å². The third-order valence-corrected chi connectivity index (χ3v) is 4.81. The van der Waals surface area contributed by atoms with E-state index >= 15 is 0 Å². The zero-order valence-corrected chi connectivity index (χ0v) is 16.3. The van der Waals surface area contributed by atoms with Crippen LogP contribution in [0.5, 0.6) is 0 Å². The number of fused-ring (bicyclic) bond motifs is 1. The van der Waals surface area contributed by atoms with Gasteiger partial charge in [0.15, 0.2) is 0 Å². The van der Waals surface area contributed by atoms with Crippen molar-refractivity contribution >= 4 is 22.7 Å². The monoisotopic (exact) mass is 393 g/mol. The average molecular weight is 393 g/mol. The van der Waals surface area contributed by atoms with E-state index in [1.165, 1.54) is 6.07 Å². The summed E-state index contributed by atoms with van der Waals surface area (Å²) in [5.41, 5.74) is 7.12. The predicted molar refractivity (Wildman–Crippen MR) is 110 cm³/mol. The zero-order chi connectivity index (χ0) is 21.0. The number of nitrogens with one attached hydrogen (secondary N) is 2. The van der Waals surface area contributed by atoms with Gasteiger partial charge in [0, 0.05) is 30.4 Å². The number of nitrogens with two attached hydrogens (primary N) is 1. The number of rotatable bonds is 7. The van der Waals surface area contributed by atoms with Crippen LogP contribution in [0.15, 0.2) is 53.5 Å². The van der Waals surface area contributed by atoms with Crippen LogP contribution in [-0.4, -0.2) is 39.8 Å². The van der Waals surface area contributed by atoms with Crippen molar-refractivity contribution in [2.45, 2.75) is 26.1 Å². The van der Waals surface area contributed by atoms with Gasteiger partial charge in [-0.15, -0.1) is 0 Å². The number of aromatic nitrogens is 2. The third-order valence-electron chi connectivity index (χ3n) is 4.81. The van der Waals surface area contributed by atoms with Gasteiger partial charge in [0.05, 0.1) is 11.6 Å². The highest BCUT2D eigenvalue weighted by Crippen LogP contribution is 2.12. The SMILES string of the molecule is C[C@H](C(N)=O)N(C)Cc1ccc(C(=O)NCc2cnc3ccccc3c2)c(=O)[nH]1. The van der Waals surface area contributed by atoms with Gasteiger partial charge in [0.1, 0.15) is 5.56 Å². The number of nitrogens with zero attached hydrogens (tertiary/aromatic N) is 2. The molecule has 0 unspecified atom stereocenters. The number of primary amides is 1. The number of pyridine rings is 2. The molecule has 8 nitrogen and oxygen atoms in total. The molecule has 1 aromatic carbocycles. The summed E-state index contributed by atoms with van der Waals surface area (Å²) in [4.78, 5) is 44.7. The number of likely N-dealkylation sites (N-methyl/N-ethyl adjacent to an activating group) is 1. The second kappa shape index (κ2) is 8.66. The van der Waals surface area contributed by atoms with Crippen molar-refractivity contribution in [2.75, 3.05) is 7.05 Å². The van der Waals surface area contributed by atoms with Crippen LogP contribution in [0.3, 0.4) is 0 Å². The Morgan fingerprint density at radius 2 is 2.00 bits per heavy atom. The first kappa shape index (κ1) is 20.2. The van der Waals surface area contributed by atoms with Crippen LogP contribution in [0.1, 0.15) is 28.5 Å². The highest BCUT2D eigenvalue weighted by molar-refractivity contribution is 5.93. The minimum Gasteiger partial charge on any atom is -0.368 e. The van der Waals surface area contributed by atoms with E-state index in [0.29, 0.717) is 12.2 Å². The Bertz CT molecular complexity index is 1110. The molecule has 3 aromatic rings. The molecule has 0 saturated carbocycles. The van der Waals surface area contributed by atoms with Crippen molar-refractivity contribution in [2.24, 2.45) is 5.73 Å². The molecule has 150 valence electrons. The molecule has 0 aliphatic rings. The Labute approximate surface area is 167 Å². The Hall–Kier alpha value is -3.52. The molecule has 0 aliphatic heterocycles. The fourth-order valence-corrected chi connectivity index (χ4v) is 2.90. The van der Waals surface area contributed by atoms with Gasteiger partial charge in [-0.3, -0.25) is 24.3 Å². The van der Waals surface area contributed by atoms with E-state index in [1.807, 2.05) is 30.3 Å². The molecular formula is C21H23N5O3. The van der Waals surface area contributed by atoms with Gasteiger partial charge < -0.3 is 16.0 Å². The van der Waals surface area contributed by atoms with Crippen LogP contribution in [0.4, 0.5) is 0 Å². The Kier molecular flexibility index (Phi) is 6.04. The summed E-state index contributed by atoms with van der Waals surface area (Å²) in [6, 6.07) is 12.3. The number of carbonyl (C=O) groups is 2. The van der Waals surface area contributed by atoms with Gasteiger partial charge in [0.2, 0.25) is 5.91 Å². The maximum absolute atomic E-state index is 12.4. The second-order valence-electron chi connectivity index (χ2n) is 6.94. The number of H-pyrrole nitrogens is 1. The van der Waals surface area contributed by atoms with E-state index in [1.54, 1.807) is 31.1 Å². The number of aromatic amines is 1. The lowest BCUT2D eigenvalue weighted by Gasteiger charge is -2.21. The van der Waals surface area contributed by atoms with E-state index in [4.69, 9.17) is 5.73 Å². The molecule has 0 bridgehead atoms. The Morgan fingerprint density at radius 1 is 1.24 bits per heavy atom. The zero-order valence-electron chi connectivity index (χ0n) is 16.3. The van der Waals surface area contributed by atoms with E-state index in [2.05, 4.69) is 15.3 Å². The van der Waals surface area contributed by atoms with E-state index < -0.39 is 23.4 Å². The number of carbonyl (C=O) groups excluding carboxylic acids is 2. The van der Waals surface area contributed by atoms with Crippen LogP contribution in [0.2, 0.25) is 0 Å². The topological polar surface area (TPSA) is 121 Å². The van der Waals surface area contributed by atoms with Crippen LogP contribution < -0.4 is 16.6 Å². The lowest BCUT2D eigenvalue weighted by Crippen LogP contribution is -2.40. The van der Waals surface area contributed by atoms with Crippen LogP contribution in [0.25, 0.3) is 10.9 Å². The molecular weight excluding hydrogens is 370 g/mol. The fraction of sp³-hybridized carbons (Fsp3) is 0.238. The smallest absolute Gasteiger partial charge is 0.261 e. The lowest BCUT2D eigenvalue weighted by molar-refractivity contribution is -0.122. The molecule has 1 atom stereocenters. The van der Waals surface area contributed by atoms with Gasteiger partial charge in [-0.25, -0.2) is 0 Å². The first-order chi connectivity index (χ1) is 13.8. The van der Waals surface area contributed by atoms with Gasteiger partial charge in [-0.1, -0.05) is 18.2 Å². The van der Waals surface area contributed by atoms with Crippen molar-refractivity contribution in [1.29, 1.82) is 0 Å². The summed E-state index contributed by atoms with van der Waals surface area (Å²) in [5.74, 6) is -0.918. The summed E-state index contributed by atoms with van der Waals surface area (Å²) >= 11 is 0. The molecule has 2 amide bonds. The van der Waals surface area contributed by atoms with Gasteiger partial charge in [0.25, 0.3) is 11.5 Å². The molecule has 0 saturated heterocycles. The predicted octanol–water partition coefficient (Wildman–Crippen LogP) is 1.16. The van der Waals surface area contributed by atoms with E-state index in [9.17, 15) is 14.4 Å². The molecule has 0 fully saturated rings. The van der Waals surface area contributed by atoms with Crippen LogP contribution in [0, 0.1) is 0 Å². The molecule has 2 heterocycles. The normalized spacial score (nSPS) is 12.1. The summed E-state index contributed by atoms with van der Waals surface area (Å²) in [6.07, 6.45) is 1.70. The highest BCUT2D eigenvalue weighted by atomic mass is 16.2.